The van der Waals surface area contributed by atoms with Crippen LogP contribution in [0.4, 0.5) is 0 Å². The van der Waals surface area contributed by atoms with Crippen LogP contribution in [-0.4, -0.2) is 82.8 Å². The molecule has 1 saturated carbocycles. The molecule has 0 aromatic carbocycles. The summed E-state index contributed by atoms with van der Waals surface area (Å²) >= 11 is 0. The second kappa shape index (κ2) is 9.82. The number of esters is 1. The maximum atomic E-state index is 14.2. The largest absolute Gasteiger partial charge is 0.465 e. The van der Waals surface area contributed by atoms with Crippen molar-refractivity contribution in [2.75, 3.05) is 26.3 Å². The number of allylic oxidation sites excluding steroid dienone is 1. The Labute approximate surface area is 200 Å². The zero-order valence-electron chi connectivity index (χ0n) is 19.8. The normalized spacial score (nSPS) is 37.3. The molecule has 2 saturated heterocycles. The first kappa shape index (κ1) is 23.5. The predicted molar refractivity (Wildman–Crippen MR) is 123 cm³/mol. The van der Waals surface area contributed by atoms with Gasteiger partial charge in [0.2, 0.25) is 11.8 Å². The van der Waals surface area contributed by atoms with Gasteiger partial charge in [0.25, 0.3) is 0 Å². The average Bonchev–Trinajstić information content (AvgIpc) is 3.25. The van der Waals surface area contributed by atoms with Gasteiger partial charge >= 0.3 is 5.97 Å². The number of carbonyl (C=O) groups excluding carboxylic acids is 3. The van der Waals surface area contributed by atoms with Crippen molar-refractivity contribution in [2.24, 2.45) is 11.8 Å². The number of unbranched alkanes of at least 4 members (excludes halogenated alkanes) is 1. The minimum absolute atomic E-state index is 0.0294. The molecule has 34 heavy (non-hydrogen) atoms. The molecule has 0 aromatic rings. The summed E-state index contributed by atoms with van der Waals surface area (Å²) in [7, 11) is 0. The molecule has 1 aliphatic carbocycles. The second-order valence-electron chi connectivity index (χ2n) is 10.2. The van der Waals surface area contributed by atoms with Crippen molar-refractivity contribution < 1.29 is 29.0 Å². The van der Waals surface area contributed by atoms with E-state index in [9.17, 15) is 19.5 Å². The van der Waals surface area contributed by atoms with Gasteiger partial charge in [-0.15, -0.1) is 0 Å². The van der Waals surface area contributed by atoms with Crippen LogP contribution in [0.1, 0.15) is 57.8 Å². The van der Waals surface area contributed by atoms with Crippen molar-refractivity contribution in [3.63, 3.8) is 0 Å². The molecule has 2 amide bonds. The molecule has 0 aromatic heterocycles. The quantitative estimate of drug-likeness (QED) is 0.373. The van der Waals surface area contributed by atoms with Crippen LogP contribution in [0.5, 0.6) is 0 Å². The molecule has 4 heterocycles. The Morgan fingerprint density at radius 1 is 1.03 bits per heavy atom. The van der Waals surface area contributed by atoms with Gasteiger partial charge in [-0.3, -0.25) is 14.4 Å². The van der Waals surface area contributed by atoms with E-state index in [1.54, 1.807) is 4.90 Å². The molecule has 186 valence electrons. The lowest BCUT2D eigenvalue weighted by molar-refractivity contribution is -0.155. The maximum Gasteiger partial charge on any atom is 0.312 e. The van der Waals surface area contributed by atoms with Gasteiger partial charge < -0.3 is 24.4 Å². The van der Waals surface area contributed by atoms with E-state index in [2.05, 4.69) is 0 Å². The van der Waals surface area contributed by atoms with Crippen LogP contribution in [0.25, 0.3) is 0 Å². The van der Waals surface area contributed by atoms with E-state index in [1.807, 2.05) is 29.2 Å². The summed E-state index contributed by atoms with van der Waals surface area (Å²) in [6, 6.07) is -0.640. The highest BCUT2D eigenvalue weighted by atomic mass is 16.6. The Bertz CT molecular complexity index is 865. The number of cyclic esters (lactones) is 1. The molecule has 1 unspecified atom stereocenters. The Morgan fingerprint density at radius 2 is 1.85 bits per heavy atom. The number of rotatable bonds is 5. The van der Waals surface area contributed by atoms with Crippen LogP contribution in [-0.2, 0) is 23.9 Å². The van der Waals surface area contributed by atoms with Gasteiger partial charge in [0.15, 0.2) is 0 Å². The van der Waals surface area contributed by atoms with Crippen LogP contribution in [0.3, 0.4) is 0 Å². The second-order valence-corrected chi connectivity index (χ2v) is 10.2. The molecule has 8 nitrogen and oxygen atoms in total. The SMILES string of the molecule is O=C1OCCC/C=C\[C@H]2O[C@]34C=CCN(C5CCCCC5)C(=O)C3N(CCCCO)C(=O)[C@@H]4[C@@H]12. The Balaban J connectivity index is 1.54. The predicted octanol–water partition coefficient (Wildman–Crippen LogP) is 1.96. The van der Waals surface area contributed by atoms with Crippen LogP contribution >= 0.6 is 0 Å². The van der Waals surface area contributed by atoms with E-state index in [-0.39, 0.29) is 24.5 Å². The highest BCUT2D eigenvalue weighted by Crippen LogP contribution is 2.53. The van der Waals surface area contributed by atoms with Gasteiger partial charge in [-0.05, 0) is 38.5 Å². The first-order chi connectivity index (χ1) is 16.6. The number of amides is 2. The fourth-order valence-electron chi connectivity index (χ4n) is 6.63. The van der Waals surface area contributed by atoms with E-state index in [0.29, 0.717) is 32.5 Å². The topological polar surface area (TPSA) is 96.4 Å². The van der Waals surface area contributed by atoms with Gasteiger partial charge in [0, 0.05) is 25.7 Å². The van der Waals surface area contributed by atoms with Crippen molar-refractivity contribution in [3.05, 3.63) is 24.3 Å². The zero-order chi connectivity index (χ0) is 23.7. The molecule has 5 rings (SSSR count). The molecule has 1 N–H and O–H groups in total. The Hall–Kier alpha value is -2.19. The van der Waals surface area contributed by atoms with Crippen molar-refractivity contribution >= 4 is 17.8 Å². The minimum Gasteiger partial charge on any atom is -0.465 e. The molecular weight excluding hydrogens is 436 g/mol. The number of nitrogens with zero attached hydrogens (tertiary/aromatic N) is 2. The van der Waals surface area contributed by atoms with E-state index < -0.39 is 35.6 Å². The molecule has 1 spiro atoms. The van der Waals surface area contributed by atoms with E-state index in [1.165, 1.54) is 6.42 Å². The smallest absolute Gasteiger partial charge is 0.312 e. The van der Waals surface area contributed by atoms with Crippen LogP contribution in [0.15, 0.2) is 24.3 Å². The third kappa shape index (κ3) is 3.88. The monoisotopic (exact) mass is 472 g/mol. The third-order valence-electron chi connectivity index (χ3n) is 8.20. The van der Waals surface area contributed by atoms with Gasteiger partial charge in [-0.2, -0.15) is 0 Å². The minimum atomic E-state index is -1.19. The molecule has 0 bridgehead atoms. The lowest BCUT2D eigenvalue weighted by Crippen LogP contribution is -2.57. The number of fused-ring (bicyclic) bond motifs is 2. The van der Waals surface area contributed by atoms with E-state index in [0.717, 1.165) is 38.5 Å². The maximum absolute atomic E-state index is 14.2. The standard InChI is InChI=1S/C26H36N2O6/c29-16-7-6-14-28-22-24(31)27(18-10-3-1-4-11-18)15-9-13-26(22)21(23(28)30)20-19(34-26)12-5-2-8-17-33-25(20)32/h5,9,12-13,18-22,29H,1-4,6-8,10-11,14-17H2/b12-5-/t19-,20+,21+,22?,26+/m1/s1. The number of aliphatic hydroxyl groups excluding tert-OH is 1. The Morgan fingerprint density at radius 3 is 2.65 bits per heavy atom. The molecule has 5 aliphatic rings. The average molecular weight is 473 g/mol. The van der Waals surface area contributed by atoms with Crippen molar-refractivity contribution in [1.82, 2.24) is 9.80 Å². The third-order valence-corrected chi connectivity index (χ3v) is 8.20. The first-order valence-corrected chi connectivity index (χ1v) is 13.0. The van der Waals surface area contributed by atoms with Gasteiger partial charge in [-0.25, -0.2) is 0 Å². The van der Waals surface area contributed by atoms with E-state index in [4.69, 9.17) is 9.47 Å². The Kier molecular flexibility index (Phi) is 6.80. The molecule has 5 atom stereocenters. The lowest BCUT2D eigenvalue weighted by Gasteiger charge is -2.39. The molecular formula is C26H36N2O6. The molecule has 0 radical (unpaired) electrons. The van der Waals surface area contributed by atoms with Gasteiger partial charge in [0.1, 0.15) is 17.6 Å². The van der Waals surface area contributed by atoms with Crippen molar-refractivity contribution in [1.29, 1.82) is 0 Å². The summed E-state index contributed by atoms with van der Waals surface area (Å²) in [6.07, 6.45) is 15.1. The van der Waals surface area contributed by atoms with Crippen molar-refractivity contribution in [2.45, 2.75) is 81.6 Å². The summed E-state index contributed by atoms with van der Waals surface area (Å²) in [5.41, 5.74) is -1.19. The van der Waals surface area contributed by atoms with Crippen LogP contribution in [0, 0.1) is 11.8 Å². The highest BCUT2D eigenvalue weighted by molar-refractivity contribution is 5.99. The zero-order valence-corrected chi connectivity index (χ0v) is 19.8. The summed E-state index contributed by atoms with van der Waals surface area (Å²) in [5.74, 6) is -2.29. The van der Waals surface area contributed by atoms with Gasteiger partial charge in [0.05, 0.1) is 18.6 Å². The highest BCUT2D eigenvalue weighted by Gasteiger charge is 2.71. The number of carbonyl (C=O) groups is 3. The molecule has 8 heteroatoms. The first-order valence-electron chi connectivity index (χ1n) is 13.0. The van der Waals surface area contributed by atoms with Crippen LogP contribution in [0.2, 0.25) is 0 Å². The van der Waals surface area contributed by atoms with Gasteiger partial charge in [-0.1, -0.05) is 43.6 Å². The lowest BCUT2D eigenvalue weighted by atomic mass is 9.78. The van der Waals surface area contributed by atoms with E-state index >= 15 is 0 Å². The molecule has 3 fully saturated rings. The fraction of sp³-hybridized carbons (Fsp3) is 0.731. The number of ether oxygens (including phenoxy) is 2. The summed E-state index contributed by atoms with van der Waals surface area (Å²) in [6.45, 7) is 1.19. The number of aliphatic hydroxyl groups is 1. The summed E-state index contributed by atoms with van der Waals surface area (Å²) in [5, 5.41) is 9.30. The number of hydrogen-bond donors (Lipinski definition) is 1. The van der Waals surface area contributed by atoms with Crippen LogP contribution < -0.4 is 0 Å². The van der Waals surface area contributed by atoms with Crippen molar-refractivity contribution in [3.8, 4) is 0 Å². The number of hydrogen-bond acceptors (Lipinski definition) is 6. The number of likely N-dealkylation sites (tertiary alicyclic amines) is 1. The summed E-state index contributed by atoms with van der Waals surface area (Å²) in [4.78, 5) is 44.8. The summed E-state index contributed by atoms with van der Waals surface area (Å²) < 4.78 is 12.1. The fourth-order valence-corrected chi connectivity index (χ4v) is 6.63. The molecule has 4 aliphatic heterocycles.